The Kier molecular flexibility index (Phi) is 6.61. The van der Waals surface area contributed by atoms with Gasteiger partial charge in [-0.05, 0) is 43.6 Å². The van der Waals surface area contributed by atoms with Crippen LogP contribution in [0.15, 0.2) is 24.3 Å². The van der Waals surface area contributed by atoms with Crippen LogP contribution in [0.25, 0.3) is 0 Å². The van der Waals surface area contributed by atoms with E-state index in [0.29, 0.717) is 13.1 Å². The fourth-order valence-corrected chi connectivity index (χ4v) is 3.09. The van der Waals surface area contributed by atoms with Crippen LogP contribution in [0.1, 0.15) is 32.3 Å². The minimum atomic E-state index is -0.450. The van der Waals surface area contributed by atoms with Crippen LogP contribution in [0.3, 0.4) is 0 Å². The lowest BCUT2D eigenvalue weighted by Crippen LogP contribution is -2.46. The van der Waals surface area contributed by atoms with E-state index >= 15 is 0 Å². The predicted molar refractivity (Wildman–Crippen MR) is 95.6 cm³/mol. The molecule has 1 aromatic rings. The molecule has 1 atom stereocenters. The molecule has 2 rings (SSSR count). The second kappa shape index (κ2) is 8.68. The maximum absolute atomic E-state index is 12.5. The SMILES string of the molecule is CCN(CC)Cc1cccc(NC(=O)[C@H]2CCCN(C(N)=O)C2)c1. The van der Waals surface area contributed by atoms with Crippen molar-refractivity contribution in [3.05, 3.63) is 29.8 Å². The van der Waals surface area contributed by atoms with E-state index in [1.54, 1.807) is 4.90 Å². The van der Waals surface area contributed by atoms with E-state index in [0.717, 1.165) is 38.2 Å². The van der Waals surface area contributed by atoms with E-state index in [2.05, 4.69) is 30.1 Å². The molecule has 0 bridgehead atoms. The number of nitrogens with two attached hydrogens (primary N) is 1. The van der Waals surface area contributed by atoms with E-state index in [-0.39, 0.29) is 11.8 Å². The fraction of sp³-hybridized carbons (Fsp3) is 0.556. The summed E-state index contributed by atoms with van der Waals surface area (Å²) in [4.78, 5) is 27.7. The van der Waals surface area contributed by atoms with E-state index in [4.69, 9.17) is 5.73 Å². The number of primary amides is 1. The molecule has 6 heteroatoms. The smallest absolute Gasteiger partial charge is 0.314 e. The monoisotopic (exact) mass is 332 g/mol. The zero-order chi connectivity index (χ0) is 17.5. The molecule has 0 unspecified atom stereocenters. The molecule has 1 aromatic carbocycles. The minimum absolute atomic E-state index is 0.0408. The molecule has 1 fully saturated rings. The number of nitrogens with zero attached hydrogens (tertiary/aromatic N) is 2. The number of carbonyl (C=O) groups excluding carboxylic acids is 2. The van der Waals surface area contributed by atoms with Gasteiger partial charge in [-0.3, -0.25) is 9.69 Å². The second-order valence-corrected chi connectivity index (χ2v) is 6.27. The Morgan fingerprint density at radius 3 is 2.75 bits per heavy atom. The Hall–Kier alpha value is -2.08. The molecule has 3 amide bonds. The number of anilines is 1. The molecule has 0 aliphatic carbocycles. The van der Waals surface area contributed by atoms with Gasteiger partial charge in [0.25, 0.3) is 0 Å². The van der Waals surface area contributed by atoms with E-state index < -0.39 is 6.03 Å². The maximum atomic E-state index is 12.5. The van der Waals surface area contributed by atoms with Gasteiger partial charge in [-0.1, -0.05) is 26.0 Å². The number of benzene rings is 1. The van der Waals surface area contributed by atoms with Gasteiger partial charge in [-0.2, -0.15) is 0 Å². The number of amides is 3. The van der Waals surface area contributed by atoms with E-state index in [9.17, 15) is 9.59 Å². The van der Waals surface area contributed by atoms with E-state index in [1.165, 1.54) is 5.56 Å². The van der Waals surface area contributed by atoms with Gasteiger partial charge in [0.1, 0.15) is 0 Å². The van der Waals surface area contributed by atoms with Gasteiger partial charge in [0, 0.05) is 25.3 Å². The molecule has 1 aliphatic rings. The van der Waals surface area contributed by atoms with Crippen LogP contribution < -0.4 is 11.1 Å². The molecule has 0 spiro atoms. The average molecular weight is 332 g/mol. The van der Waals surface area contributed by atoms with Gasteiger partial charge < -0.3 is 16.0 Å². The topological polar surface area (TPSA) is 78.7 Å². The summed E-state index contributed by atoms with van der Waals surface area (Å²) in [6.45, 7) is 8.19. The van der Waals surface area contributed by atoms with Gasteiger partial charge >= 0.3 is 6.03 Å². The fourth-order valence-electron chi connectivity index (χ4n) is 3.09. The van der Waals surface area contributed by atoms with Gasteiger partial charge in [-0.25, -0.2) is 4.79 Å². The van der Waals surface area contributed by atoms with Gasteiger partial charge in [0.2, 0.25) is 5.91 Å². The Morgan fingerprint density at radius 1 is 1.33 bits per heavy atom. The number of hydrogen-bond acceptors (Lipinski definition) is 3. The first kappa shape index (κ1) is 18.3. The average Bonchev–Trinajstić information content (AvgIpc) is 2.60. The summed E-state index contributed by atoms with van der Waals surface area (Å²) in [6, 6.07) is 7.51. The maximum Gasteiger partial charge on any atom is 0.314 e. The second-order valence-electron chi connectivity index (χ2n) is 6.27. The highest BCUT2D eigenvalue weighted by Crippen LogP contribution is 2.19. The van der Waals surface area contributed by atoms with Crippen molar-refractivity contribution in [2.45, 2.75) is 33.2 Å². The molecule has 1 heterocycles. The lowest BCUT2D eigenvalue weighted by atomic mass is 9.97. The Morgan fingerprint density at radius 2 is 2.08 bits per heavy atom. The van der Waals surface area contributed by atoms with Crippen LogP contribution in [0.5, 0.6) is 0 Å². The first-order chi connectivity index (χ1) is 11.5. The summed E-state index contributed by atoms with van der Waals surface area (Å²) >= 11 is 0. The van der Waals surface area contributed by atoms with Crippen molar-refractivity contribution in [3.63, 3.8) is 0 Å². The van der Waals surface area contributed by atoms with Gasteiger partial charge in [0.15, 0.2) is 0 Å². The highest BCUT2D eigenvalue weighted by atomic mass is 16.2. The minimum Gasteiger partial charge on any atom is -0.351 e. The standard InChI is InChI=1S/C18H28N4O2/c1-3-21(4-2)12-14-7-5-9-16(11-14)20-17(23)15-8-6-10-22(13-15)18(19)24/h5,7,9,11,15H,3-4,6,8,10,12-13H2,1-2H3,(H2,19,24)(H,20,23)/t15-/m0/s1. The van der Waals surface area contributed by atoms with Crippen molar-refractivity contribution in [1.29, 1.82) is 0 Å². The van der Waals surface area contributed by atoms with Gasteiger partial charge in [0.05, 0.1) is 5.92 Å². The molecule has 24 heavy (non-hydrogen) atoms. The van der Waals surface area contributed by atoms with Crippen molar-refractivity contribution >= 4 is 17.6 Å². The van der Waals surface area contributed by atoms with Crippen LogP contribution in [0, 0.1) is 5.92 Å². The van der Waals surface area contributed by atoms with Crippen molar-refractivity contribution in [1.82, 2.24) is 9.80 Å². The lowest BCUT2D eigenvalue weighted by Gasteiger charge is -2.30. The number of likely N-dealkylation sites (tertiary alicyclic amines) is 1. The molecule has 0 aromatic heterocycles. The third-order valence-corrected chi connectivity index (χ3v) is 4.60. The third-order valence-electron chi connectivity index (χ3n) is 4.60. The van der Waals surface area contributed by atoms with Gasteiger partial charge in [-0.15, -0.1) is 0 Å². The van der Waals surface area contributed by atoms with Crippen molar-refractivity contribution < 1.29 is 9.59 Å². The third kappa shape index (κ3) is 4.96. The normalized spacial score (nSPS) is 17.8. The van der Waals surface area contributed by atoms with Crippen LogP contribution >= 0.6 is 0 Å². The van der Waals surface area contributed by atoms with E-state index in [1.807, 2.05) is 18.2 Å². The summed E-state index contributed by atoms with van der Waals surface area (Å²) in [6.07, 6.45) is 1.60. The zero-order valence-corrected chi connectivity index (χ0v) is 14.6. The summed E-state index contributed by atoms with van der Waals surface area (Å²) < 4.78 is 0. The summed E-state index contributed by atoms with van der Waals surface area (Å²) in [5.41, 5.74) is 7.31. The lowest BCUT2D eigenvalue weighted by molar-refractivity contribution is -0.121. The quantitative estimate of drug-likeness (QED) is 0.838. The molecular weight excluding hydrogens is 304 g/mol. The molecule has 6 nitrogen and oxygen atoms in total. The largest absolute Gasteiger partial charge is 0.351 e. The first-order valence-corrected chi connectivity index (χ1v) is 8.70. The highest BCUT2D eigenvalue weighted by molar-refractivity contribution is 5.93. The molecule has 1 aliphatic heterocycles. The molecule has 3 N–H and O–H groups in total. The van der Waals surface area contributed by atoms with Crippen LogP contribution in [-0.2, 0) is 11.3 Å². The Balaban J connectivity index is 1.97. The number of nitrogens with one attached hydrogen (secondary N) is 1. The summed E-state index contributed by atoms with van der Waals surface area (Å²) in [5, 5.41) is 2.98. The molecular formula is C18H28N4O2. The zero-order valence-electron chi connectivity index (χ0n) is 14.6. The molecule has 1 saturated heterocycles. The van der Waals surface area contributed by atoms with Crippen molar-refractivity contribution in [2.75, 3.05) is 31.5 Å². The first-order valence-electron chi connectivity index (χ1n) is 8.70. The van der Waals surface area contributed by atoms with Crippen molar-refractivity contribution in [3.8, 4) is 0 Å². The number of rotatable bonds is 6. The molecule has 0 saturated carbocycles. The number of carbonyl (C=O) groups is 2. The molecule has 132 valence electrons. The van der Waals surface area contributed by atoms with Crippen LogP contribution in [-0.4, -0.2) is 47.9 Å². The highest BCUT2D eigenvalue weighted by Gasteiger charge is 2.27. The Bertz CT molecular complexity index is 572. The number of hydrogen-bond donors (Lipinski definition) is 2. The Labute approximate surface area is 144 Å². The summed E-state index contributed by atoms with van der Waals surface area (Å²) in [5.74, 6) is -0.237. The summed E-state index contributed by atoms with van der Waals surface area (Å²) in [7, 11) is 0. The molecule has 0 radical (unpaired) electrons. The van der Waals surface area contributed by atoms with Crippen LogP contribution in [0.4, 0.5) is 10.5 Å². The van der Waals surface area contributed by atoms with Crippen LogP contribution in [0.2, 0.25) is 0 Å². The predicted octanol–water partition coefficient (Wildman–Crippen LogP) is 2.26. The number of urea groups is 1. The number of piperidine rings is 1. The van der Waals surface area contributed by atoms with Crippen molar-refractivity contribution in [2.24, 2.45) is 11.7 Å².